The fourth-order valence-corrected chi connectivity index (χ4v) is 1.98. The number of benzene rings is 1. The molecule has 1 aromatic carbocycles. The molecule has 5 nitrogen and oxygen atoms in total. The quantitative estimate of drug-likeness (QED) is 0.789. The average Bonchev–Trinajstić information content (AvgIpc) is 2.48. The van der Waals surface area contributed by atoms with Crippen LogP contribution in [0.3, 0.4) is 0 Å². The minimum absolute atomic E-state index is 0.309. The number of nitrogens with zero attached hydrogens (tertiary/aromatic N) is 2. The van der Waals surface area contributed by atoms with Crippen LogP contribution < -0.4 is 15.8 Å². The van der Waals surface area contributed by atoms with Gasteiger partial charge in [0.25, 0.3) is 0 Å². The van der Waals surface area contributed by atoms with Crippen molar-refractivity contribution in [2.45, 2.75) is 6.42 Å². The second-order valence-electron chi connectivity index (χ2n) is 4.19. The van der Waals surface area contributed by atoms with E-state index in [1.54, 1.807) is 19.4 Å². The zero-order valence-corrected chi connectivity index (χ0v) is 12.0. The molecule has 0 aliphatic rings. The van der Waals surface area contributed by atoms with Gasteiger partial charge in [-0.15, -0.1) is 5.10 Å². The topological polar surface area (TPSA) is 73.1 Å². The zero-order valence-electron chi connectivity index (χ0n) is 11.2. The Morgan fingerprint density at radius 2 is 2.25 bits per heavy atom. The van der Waals surface area contributed by atoms with Crippen molar-refractivity contribution in [1.82, 2.24) is 10.2 Å². The fraction of sp³-hybridized carbons (Fsp3) is 0.214. The monoisotopic (exact) mass is 288 g/mol. The number of nitrogens with one attached hydrogen (secondary N) is 1. The first-order chi connectivity index (χ1) is 9.70. The Labute approximate surface area is 123 Å². The zero-order chi connectivity index (χ0) is 14.4. The number of anilines is 1. The summed E-state index contributed by atoms with van der Waals surface area (Å²) in [5, 5.41) is 11.0. The summed E-state index contributed by atoms with van der Waals surface area (Å²) < 4.78 is 5.19. The van der Waals surface area contributed by atoms with Gasteiger partial charge in [-0.25, -0.2) is 0 Å². The van der Waals surface area contributed by atoms with Crippen molar-refractivity contribution >= 4 is 23.0 Å². The number of methoxy groups -OCH3 is 1. The second kappa shape index (κ2) is 6.81. The number of hydrogen-bond donors (Lipinski definition) is 2. The molecule has 0 spiro atoms. The van der Waals surface area contributed by atoms with Gasteiger partial charge >= 0.3 is 0 Å². The van der Waals surface area contributed by atoms with Gasteiger partial charge in [0.15, 0.2) is 5.82 Å². The largest absolute Gasteiger partial charge is 0.497 e. The Morgan fingerprint density at radius 1 is 1.40 bits per heavy atom. The molecular formula is C14H16N4OS. The molecule has 1 aromatic heterocycles. The van der Waals surface area contributed by atoms with Crippen molar-refractivity contribution < 1.29 is 4.74 Å². The fourth-order valence-electron chi connectivity index (χ4n) is 1.81. The lowest BCUT2D eigenvalue weighted by molar-refractivity contribution is 0.414. The highest BCUT2D eigenvalue weighted by Crippen LogP contribution is 2.14. The third-order valence-electron chi connectivity index (χ3n) is 2.83. The van der Waals surface area contributed by atoms with Gasteiger partial charge in [-0.05, 0) is 30.2 Å². The van der Waals surface area contributed by atoms with Crippen molar-refractivity contribution in [3.8, 4) is 5.75 Å². The molecule has 3 N–H and O–H groups in total. The first kappa shape index (κ1) is 14.2. The Morgan fingerprint density at radius 3 is 3.00 bits per heavy atom. The van der Waals surface area contributed by atoms with Crippen LogP contribution in [0, 0.1) is 0 Å². The molecular weight excluding hydrogens is 272 g/mol. The molecule has 2 aromatic rings. The number of ether oxygens (including phenoxy) is 1. The summed E-state index contributed by atoms with van der Waals surface area (Å²) in [7, 11) is 1.66. The lowest BCUT2D eigenvalue weighted by Crippen LogP contribution is -2.16. The predicted octanol–water partition coefficient (Wildman–Crippen LogP) is 1.77. The Bertz CT molecular complexity index is 603. The smallest absolute Gasteiger partial charge is 0.158 e. The van der Waals surface area contributed by atoms with Gasteiger partial charge < -0.3 is 15.8 Å². The molecule has 6 heteroatoms. The van der Waals surface area contributed by atoms with E-state index in [1.807, 2.05) is 18.2 Å². The van der Waals surface area contributed by atoms with E-state index < -0.39 is 0 Å². The first-order valence-electron chi connectivity index (χ1n) is 6.19. The molecule has 0 unspecified atom stereocenters. The van der Waals surface area contributed by atoms with Gasteiger partial charge in [0.2, 0.25) is 0 Å². The first-order valence-corrected chi connectivity index (χ1v) is 6.60. The van der Waals surface area contributed by atoms with Gasteiger partial charge in [0.1, 0.15) is 10.7 Å². The molecule has 0 atom stereocenters. The molecule has 0 saturated heterocycles. The second-order valence-corrected chi connectivity index (χ2v) is 4.63. The molecule has 1 heterocycles. The van der Waals surface area contributed by atoms with Crippen LogP contribution in [-0.4, -0.2) is 28.8 Å². The number of nitrogens with two attached hydrogens (primary N) is 1. The minimum atomic E-state index is 0.309. The standard InChI is InChI=1S/C14H16N4OS/c1-19-11-4-2-3-10(9-11)5-7-16-14-12(13(15)20)6-8-17-18-14/h2-4,6,8-9H,5,7H2,1H3,(H2,15,20)(H,16,18). The van der Waals surface area contributed by atoms with E-state index in [-0.39, 0.29) is 0 Å². The van der Waals surface area contributed by atoms with E-state index in [0.29, 0.717) is 22.9 Å². The van der Waals surface area contributed by atoms with Crippen LogP contribution in [0.25, 0.3) is 0 Å². The average molecular weight is 288 g/mol. The SMILES string of the molecule is COc1cccc(CCNc2nnccc2C(N)=S)c1. The summed E-state index contributed by atoms with van der Waals surface area (Å²) in [4.78, 5) is 0.309. The minimum Gasteiger partial charge on any atom is -0.497 e. The van der Waals surface area contributed by atoms with Crippen LogP contribution in [0.1, 0.15) is 11.1 Å². The van der Waals surface area contributed by atoms with E-state index in [2.05, 4.69) is 21.6 Å². The third-order valence-corrected chi connectivity index (χ3v) is 3.05. The normalized spacial score (nSPS) is 10.1. The van der Waals surface area contributed by atoms with Gasteiger partial charge in [-0.1, -0.05) is 24.4 Å². The van der Waals surface area contributed by atoms with Crippen LogP contribution in [-0.2, 0) is 6.42 Å². The Kier molecular flexibility index (Phi) is 4.84. The van der Waals surface area contributed by atoms with E-state index >= 15 is 0 Å². The highest BCUT2D eigenvalue weighted by molar-refractivity contribution is 7.80. The summed E-state index contributed by atoms with van der Waals surface area (Å²) >= 11 is 4.98. The Balaban J connectivity index is 1.97. The molecule has 104 valence electrons. The molecule has 2 rings (SSSR count). The van der Waals surface area contributed by atoms with E-state index in [4.69, 9.17) is 22.7 Å². The van der Waals surface area contributed by atoms with Crippen LogP contribution in [0.5, 0.6) is 5.75 Å². The summed E-state index contributed by atoms with van der Waals surface area (Å²) in [6, 6.07) is 9.70. The van der Waals surface area contributed by atoms with Crippen LogP contribution in [0.2, 0.25) is 0 Å². The van der Waals surface area contributed by atoms with Crippen molar-refractivity contribution in [2.24, 2.45) is 5.73 Å². The maximum atomic E-state index is 5.64. The maximum Gasteiger partial charge on any atom is 0.158 e. The molecule has 0 saturated carbocycles. The van der Waals surface area contributed by atoms with Crippen molar-refractivity contribution in [3.05, 3.63) is 47.7 Å². The molecule has 20 heavy (non-hydrogen) atoms. The molecule has 0 aliphatic carbocycles. The predicted molar refractivity (Wildman–Crippen MR) is 83.1 cm³/mol. The summed E-state index contributed by atoms with van der Waals surface area (Å²) in [5.74, 6) is 1.47. The van der Waals surface area contributed by atoms with Gasteiger partial charge in [0, 0.05) is 6.54 Å². The van der Waals surface area contributed by atoms with Crippen molar-refractivity contribution in [2.75, 3.05) is 19.0 Å². The van der Waals surface area contributed by atoms with Crippen molar-refractivity contribution in [1.29, 1.82) is 0 Å². The highest BCUT2D eigenvalue weighted by atomic mass is 32.1. The van der Waals surface area contributed by atoms with E-state index in [1.165, 1.54) is 5.56 Å². The molecule has 0 amide bonds. The van der Waals surface area contributed by atoms with E-state index in [9.17, 15) is 0 Å². The van der Waals surface area contributed by atoms with Gasteiger partial charge in [0.05, 0.1) is 18.9 Å². The van der Waals surface area contributed by atoms with Crippen molar-refractivity contribution in [3.63, 3.8) is 0 Å². The number of hydrogen-bond acceptors (Lipinski definition) is 5. The number of thiocarbonyl (C=S) groups is 1. The highest BCUT2D eigenvalue weighted by Gasteiger charge is 2.06. The van der Waals surface area contributed by atoms with Gasteiger partial charge in [-0.3, -0.25) is 0 Å². The Hall–Kier alpha value is -2.21. The maximum absolute atomic E-state index is 5.64. The van der Waals surface area contributed by atoms with Crippen LogP contribution in [0.15, 0.2) is 36.5 Å². The lowest BCUT2D eigenvalue weighted by atomic mass is 10.1. The van der Waals surface area contributed by atoms with Crippen LogP contribution in [0.4, 0.5) is 5.82 Å². The number of aromatic nitrogens is 2. The lowest BCUT2D eigenvalue weighted by Gasteiger charge is -2.09. The number of rotatable bonds is 6. The third kappa shape index (κ3) is 3.64. The molecule has 0 radical (unpaired) electrons. The summed E-state index contributed by atoms with van der Waals surface area (Å²) in [6.07, 6.45) is 2.41. The molecule has 0 fully saturated rings. The van der Waals surface area contributed by atoms with Gasteiger partial charge in [-0.2, -0.15) is 5.10 Å². The molecule has 0 aliphatic heterocycles. The molecule has 0 bridgehead atoms. The van der Waals surface area contributed by atoms with Crippen LogP contribution >= 0.6 is 12.2 Å². The summed E-state index contributed by atoms with van der Waals surface area (Å²) in [5.41, 5.74) is 7.53. The van der Waals surface area contributed by atoms with E-state index in [0.717, 1.165) is 12.2 Å². The summed E-state index contributed by atoms with van der Waals surface area (Å²) in [6.45, 7) is 0.710.